The Kier molecular flexibility index (Phi) is 3.16. The standard InChI is InChI=1S/C10H16O3Si/c1-5-8-7-12-10(11)6-9(8)13-14(2,3)4/h6-7H,5H2,1-4H3. The number of hydrogen-bond donors (Lipinski definition) is 0. The van der Waals surface area contributed by atoms with E-state index < -0.39 is 8.32 Å². The van der Waals surface area contributed by atoms with Crippen molar-refractivity contribution in [3.05, 3.63) is 28.3 Å². The van der Waals surface area contributed by atoms with Gasteiger partial charge in [-0.1, -0.05) is 6.92 Å². The van der Waals surface area contributed by atoms with E-state index in [2.05, 4.69) is 19.6 Å². The second-order valence-electron chi connectivity index (χ2n) is 4.16. The average Bonchev–Trinajstić information content (AvgIpc) is 2.01. The van der Waals surface area contributed by atoms with Gasteiger partial charge in [0.2, 0.25) is 8.32 Å². The van der Waals surface area contributed by atoms with Crippen molar-refractivity contribution >= 4 is 8.32 Å². The van der Waals surface area contributed by atoms with Crippen molar-refractivity contribution in [2.75, 3.05) is 0 Å². The molecular weight excluding hydrogens is 196 g/mol. The molecule has 78 valence electrons. The SMILES string of the molecule is CCc1coc(=O)cc1O[Si](C)(C)C. The highest BCUT2D eigenvalue weighted by Gasteiger charge is 2.18. The summed E-state index contributed by atoms with van der Waals surface area (Å²) in [6.45, 7) is 8.26. The van der Waals surface area contributed by atoms with E-state index in [1.54, 1.807) is 0 Å². The third kappa shape index (κ3) is 3.03. The zero-order valence-electron chi connectivity index (χ0n) is 9.09. The fourth-order valence-electron chi connectivity index (χ4n) is 1.10. The fourth-order valence-corrected chi connectivity index (χ4v) is 1.95. The van der Waals surface area contributed by atoms with Crippen LogP contribution in [-0.4, -0.2) is 8.32 Å². The molecule has 1 heterocycles. The fraction of sp³-hybridized carbons (Fsp3) is 0.500. The summed E-state index contributed by atoms with van der Waals surface area (Å²) in [5.41, 5.74) is 0.600. The van der Waals surface area contributed by atoms with Gasteiger partial charge in [0, 0.05) is 5.56 Å². The summed E-state index contributed by atoms with van der Waals surface area (Å²) in [6, 6.07) is 1.43. The normalized spacial score (nSPS) is 11.4. The van der Waals surface area contributed by atoms with Crippen LogP contribution in [0.15, 0.2) is 21.5 Å². The summed E-state index contributed by atoms with van der Waals surface area (Å²) in [4.78, 5) is 11.0. The summed E-state index contributed by atoms with van der Waals surface area (Å²) >= 11 is 0. The predicted octanol–water partition coefficient (Wildman–Crippen LogP) is 2.42. The van der Waals surface area contributed by atoms with Crippen LogP contribution in [0.5, 0.6) is 5.75 Å². The zero-order valence-corrected chi connectivity index (χ0v) is 10.1. The predicted molar refractivity (Wildman–Crippen MR) is 58.3 cm³/mol. The molecule has 0 N–H and O–H groups in total. The van der Waals surface area contributed by atoms with Gasteiger partial charge in [-0.2, -0.15) is 0 Å². The van der Waals surface area contributed by atoms with Crippen LogP contribution >= 0.6 is 0 Å². The molecule has 0 aliphatic carbocycles. The highest BCUT2D eigenvalue weighted by Crippen LogP contribution is 2.20. The lowest BCUT2D eigenvalue weighted by Crippen LogP contribution is -2.30. The van der Waals surface area contributed by atoms with Crippen molar-refractivity contribution < 1.29 is 8.84 Å². The monoisotopic (exact) mass is 212 g/mol. The molecule has 0 spiro atoms. The van der Waals surface area contributed by atoms with Crippen molar-refractivity contribution in [2.45, 2.75) is 33.0 Å². The van der Waals surface area contributed by atoms with Gasteiger partial charge in [0.25, 0.3) is 0 Å². The lowest BCUT2D eigenvalue weighted by Gasteiger charge is -2.20. The van der Waals surface area contributed by atoms with E-state index in [0.29, 0.717) is 5.75 Å². The van der Waals surface area contributed by atoms with E-state index in [-0.39, 0.29) is 5.63 Å². The van der Waals surface area contributed by atoms with E-state index >= 15 is 0 Å². The Labute approximate surface area is 84.8 Å². The van der Waals surface area contributed by atoms with Crippen LogP contribution in [0.4, 0.5) is 0 Å². The quantitative estimate of drug-likeness (QED) is 0.722. The molecular formula is C10H16O3Si. The lowest BCUT2D eigenvalue weighted by molar-refractivity contribution is 0.476. The van der Waals surface area contributed by atoms with E-state index in [9.17, 15) is 4.79 Å². The molecule has 0 aliphatic rings. The minimum absolute atomic E-state index is 0.351. The smallest absolute Gasteiger partial charge is 0.339 e. The van der Waals surface area contributed by atoms with Crippen molar-refractivity contribution in [3.8, 4) is 5.75 Å². The Bertz CT molecular complexity index is 362. The van der Waals surface area contributed by atoms with Crippen LogP contribution in [0, 0.1) is 0 Å². The molecule has 0 aromatic carbocycles. The van der Waals surface area contributed by atoms with Gasteiger partial charge < -0.3 is 8.84 Å². The maximum absolute atomic E-state index is 11.0. The highest BCUT2D eigenvalue weighted by molar-refractivity contribution is 6.70. The van der Waals surface area contributed by atoms with Crippen LogP contribution in [0.1, 0.15) is 12.5 Å². The number of aryl methyl sites for hydroxylation is 1. The lowest BCUT2D eigenvalue weighted by atomic mass is 10.2. The second-order valence-corrected chi connectivity index (χ2v) is 8.59. The van der Waals surface area contributed by atoms with Crippen LogP contribution in [0.25, 0.3) is 0 Å². The maximum Gasteiger partial charge on any atom is 0.339 e. The summed E-state index contributed by atoms with van der Waals surface area (Å²) in [5, 5.41) is 0. The van der Waals surface area contributed by atoms with Gasteiger partial charge in [0.1, 0.15) is 12.0 Å². The molecule has 0 unspecified atom stereocenters. The Morgan fingerprint density at radius 1 is 1.43 bits per heavy atom. The van der Waals surface area contributed by atoms with Crippen LogP contribution < -0.4 is 10.1 Å². The molecule has 1 rings (SSSR count). The van der Waals surface area contributed by atoms with E-state index in [0.717, 1.165) is 12.0 Å². The molecule has 14 heavy (non-hydrogen) atoms. The molecule has 0 saturated carbocycles. The van der Waals surface area contributed by atoms with Crippen molar-refractivity contribution in [3.63, 3.8) is 0 Å². The molecule has 0 amide bonds. The van der Waals surface area contributed by atoms with E-state index in [1.807, 2.05) is 6.92 Å². The first-order chi connectivity index (χ1) is 6.42. The van der Waals surface area contributed by atoms with Gasteiger partial charge in [-0.05, 0) is 26.1 Å². The first-order valence-electron chi connectivity index (χ1n) is 4.73. The molecule has 0 atom stereocenters. The Balaban J connectivity index is 3.05. The van der Waals surface area contributed by atoms with Gasteiger partial charge in [-0.3, -0.25) is 0 Å². The molecule has 3 nitrogen and oxygen atoms in total. The minimum Gasteiger partial charge on any atom is -0.544 e. The van der Waals surface area contributed by atoms with Gasteiger partial charge >= 0.3 is 5.63 Å². The van der Waals surface area contributed by atoms with Crippen molar-refractivity contribution in [1.82, 2.24) is 0 Å². The molecule has 0 fully saturated rings. The largest absolute Gasteiger partial charge is 0.544 e. The molecule has 0 saturated heterocycles. The topological polar surface area (TPSA) is 39.4 Å². The molecule has 1 aromatic rings. The van der Waals surface area contributed by atoms with E-state index in [4.69, 9.17) is 8.84 Å². The minimum atomic E-state index is -1.65. The molecule has 4 heteroatoms. The second kappa shape index (κ2) is 4.00. The Hall–Kier alpha value is -1.03. The average molecular weight is 212 g/mol. The number of rotatable bonds is 3. The zero-order chi connectivity index (χ0) is 10.8. The van der Waals surface area contributed by atoms with Crippen LogP contribution in [0.3, 0.4) is 0 Å². The summed E-state index contributed by atoms with van der Waals surface area (Å²) in [6.07, 6.45) is 2.29. The van der Waals surface area contributed by atoms with Gasteiger partial charge in [0.15, 0.2) is 0 Å². The molecule has 0 bridgehead atoms. The van der Waals surface area contributed by atoms with E-state index in [1.165, 1.54) is 12.3 Å². The van der Waals surface area contributed by atoms with Gasteiger partial charge in [-0.15, -0.1) is 0 Å². The first-order valence-corrected chi connectivity index (χ1v) is 8.14. The van der Waals surface area contributed by atoms with Crippen molar-refractivity contribution in [2.24, 2.45) is 0 Å². The summed E-state index contributed by atoms with van der Waals surface area (Å²) in [7, 11) is -1.65. The highest BCUT2D eigenvalue weighted by atomic mass is 28.4. The van der Waals surface area contributed by atoms with Crippen LogP contribution in [0.2, 0.25) is 19.6 Å². The third-order valence-electron chi connectivity index (χ3n) is 1.68. The van der Waals surface area contributed by atoms with Gasteiger partial charge in [0.05, 0.1) is 6.07 Å². The molecule has 1 aromatic heterocycles. The maximum atomic E-state index is 11.0. The summed E-state index contributed by atoms with van der Waals surface area (Å²) < 4.78 is 10.6. The van der Waals surface area contributed by atoms with Gasteiger partial charge in [-0.25, -0.2) is 4.79 Å². The first kappa shape index (κ1) is 11.0. The van der Waals surface area contributed by atoms with Crippen molar-refractivity contribution in [1.29, 1.82) is 0 Å². The third-order valence-corrected chi connectivity index (χ3v) is 2.51. The molecule has 0 aliphatic heterocycles. The summed E-state index contributed by atoms with van der Waals surface area (Å²) in [5.74, 6) is 0.683. The number of hydrogen-bond acceptors (Lipinski definition) is 3. The van der Waals surface area contributed by atoms with Crippen LogP contribution in [-0.2, 0) is 6.42 Å². The Morgan fingerprint density at radius 3 is 2.57 bits per heavy atom. The Morgan fingerprint density at radius 2 is 2.07 bits per heavy atom. The molecule has 0 radical (unpaired) electrons.